The van der Waals surface area contributed by atoms with Gasteiger partial charge in [0.25, 0.3) is 0 Å². The zero-order valence-electron chi connectivity index (χ0n) is 5.85. The molecule has 53 valence electrons. The molecule has 1 saturated heterocycles. The molecule has 0 N–H and O–H groups in total. The van der Waals surface area contributed by atoms with Crippen molar-refractivity contribution in [2.45, 2.75) is 24.5 Å². The van der Waals surface area contributed by atoms with Crippen molar-refractivity contribution in [1.82, 2.24) is 0 Å². The Bertz CT molecular complexity index is 89.1. The first-order valence-corrected chi connectivity index (χ1v) is 4.49. The van der Waals surface area contributed by atoms with Gasteiger partial charge in [-0.25, -0.2) is 5.11 Å². The van der Waals surface area contributed by atoms with Crippen LogP contribution in [0.2, 0.25) is 0 Å². The van der Waals surface area contributed by atoms with E-state index in [2.05, 4.69) is 0 Å². The molecule has 0 saturated carbocycles. The third kappa shape index (κ3) is 1.78. The average Bonchev–Trinajstić information content (AvgIpc) is 1.90. The summed E-state index contributed by atoms with van der Waals surface area (Å²) in [5, 5.41) is 10.3. The fourth-order valence-electron chi connectivity index (χ4n) is 1.11. The molecule has 1 fully saturated rings. The summed E-state index contributed by atoms with van der Waals surface area (Å²) in [5.74, 6) is 0. The Balaban J connectivity index is 2.37. The van der Waals surface area contributed by atoms with Gasteiger partial charge in [0.1, 0.15) is 6.61 Å². The van der Waals surface area contributed by atoms with Crippen LogP contribution in [0.15, 0.2) is 0 Å². The van der Waals surface area contributed by atoms with Gasteiger partial charge in [-0.2, -0.15) is 0 Å². The third-order valence-corrected chi connectivity index (χ3v) is 2.93. The van der Waals surface area contributed by atoms with Crippen LogP contribution >= 0.6 is 0 Å². The summed E-state index contributed by atoms with van der Waals surface area (Å²) in [6, 6.07) is 0. The molecule has 0 bridgehead atoms. The molecule has 1 rings (SSSR count). The fraction of sp³-hybridized carbons (Fsp3) is 1.00. The minimum atomic E-state index is -0.196. The summed E-state index contributed by atoms with van der Waals surface area (Å²) in [5.41, 5.74) is 0. The van der Waals surface area contributed by atoms with Gasteiger partial charge in [0.2, 0.25) is 0 Å². The van der Waals surface area contributed by atoms with Gasteiger partial charge in [0, 0.05) is 16.8 Å². The molecule has 1 aliphatic rings. The molecule has 1 heterocycles. The normalized spacial score (nSPS) is 37.0. The zero-order valence-corrected chi connectivity index (χ0v) is 7.85. The lowest BCUT2D eigenvalue weighted by molar-refractivity contribution is -0.0660. The summed E-state index contributed by atoms with van der Waals surface area (Å²) < 4.78 is 5.36. The highest BCUT2D eigenvalue weighted by Gasteiger charge is 2.26. The van der Waals surface area contributed by atoms with Crippen LogP contribution in [0, 0.1) is 0 Å². The second kappa shape index (κ2) is 2.81. The van der Waals surface area contributed by atoms with Crippen LogP contribution in [0.3, 0.4) is 0 Å². The molecule has 9 heavy (non-hydrogen) atoms. The highest BCUT2D eigenvalue weighted by atomic mass is 28.1. The van der Waals surface area contributed by atoms with E-state index in [1.165, 1.54) is 6.42 Å². The molecule has 1 radical (unpaired) electrons. The van der Waals surface area contributed by atoms with Gasteiger partial charge in [-0.05, 0) is 19.3 Å². The van der Waals surface area contributed by atoms with E-state index in [9.17, 15) is 5.11 Å². The second-order valence-corrected chi connectivity index (χ2v) is 4.72. The van der Waals surface area contributed by atoms with Crippen LogP contribution in [0.1, 0.15) is 19.3 Å². The fourth-order valence-corrected chi connectivity index (χ4v) is 1.66. The zero-order chi connectivity index (χ0) is 6.74. The van der Waals surface area contributed by atoms with E-state index >= 15 is 0 Å². The summed E-state index contributed by atoms with van der Waals surface area (Å²) in [7, 11) is 0.896. The second-order valence-electron chi connectivity index (χ2n) is 2.90. The average molecular weight is 145 g/mol. The molecule has 1 aliphatic heterocycles. The van der Waals surface area contributed by atoms with Gasteiger partial charge >= 0.3 is 0 Å². The van der Waals surface area contributed by atoms with Crippen molar-refractivity contribution in [2.24, 2.45) is 0 Å². The molecule has 0 aliphatic carbocycles. The molecule has 1 unspecified atom stereocenters. The Labute approximate surface area is 58.6 Å². The van der Waals surface area contributed by atoms with Crippen LogP contribution in [-0.4, -0.2) is 28.7 Å². The Morgan fingerprint density at radius 3 is 2.67 bits per heavy atom. The van der Waals surface area contributed by atoms with E-state index in [0.717, 1.165) is 29.7 Å². The number of hydrogen-bond acceptors (Lipinski definition) is 1. The van der Waals surface area contributed by atoms with Crippen molar-refractivity contribution in [2.75, 3.05) is 13.2 Å². The van der Waals surface area contributed by atoms with E-state index in [1.807, 2.05) is 0 Å². The van der Waals surface area contributed by atoms with Crippen molar-refractivity contribution in [3.8, 4) is 0 Å². The Kier molecular flexibility index (Phi) is 2.27. The standard InChI is InChI=1S/C6H13O2Si/c7-5-6(9)3-1-2-4-8-6/h1-5H2,9H3. The highest BCUT2D eigenvalue weighted by molar-refractivity contribution is 6.14. The van der Waals surface area contributed by atoms with Crippen LogP contribution in [0.25, 0.3) is 0 Å². The molecule has 0 aromatic carbocycles. The Morgan fingerprint density at radius 2 is 2.33 bits per heavy atom. The first-order valence-electron chi connectivity index (χ1n) is 3.49. The van der Waals surface area contributed by atoms with Crippen LogP contribution in [0.4, 0.5) is 0 Å². The minimum Gasteiger partial charge on any atom is -0.377 e. The van der Waals surface area contributed by atoms with Crippen LogP contribution in [0.5, 0.6) is 0 Å². The lowest BCUT2D eigenvalue weighted by Crippen LogP contribution is -2.39. The minimum absolute atomic E-state index is 0.0285. The van der Waals surface area contributed by atoms with Gasteiger partial charge in [-0.1, -0.05) is 0 Å². The Hall–Kier alpha value is 0.137. The molecule has 0 spiro atoms. The van der Waals surface area contributed by atoms with Gasteiger partial charge in [0.15, 0.2) is 0 Å². The van der Waals surface area contributed by atoms with Gasteiger partial charge in [-0.15, -0.1) is 0 Å². The van der Waals surface area contributed by atoms with Crippen LogP contribution < -0.4 is 0 Å². The van der Waals surface area contributed by atoms with E-state index in [0.29, 0.717) is 0 Å². The number of ether oxygens (including phenoxy) is 1. The first kappa shape index (κ1) is 7.25. The van der Waals surface area contributed by atoms with Crippen LogP contribution in [-0.2, 0) is 9.84 Å². The molecular weight excluding hydrogens is 132 g/mol. The summed E-state index contributed by atoms with van der Waals surface area (Å²) in [6.07, 6.45) is 3.33. The maximum Gasteiger partial charge on any atom is 0.107 e. The molecule has 0 aromatic heterocycles. The molecule has 0 amide bonds. The SMILES string of the molecule is [O]CC1([SiH3])CCCCO1. The van der Waals surface area contributed by atoms with Crippen molar-refractivity contribution in [1.29, 1.82) is 0 Å². The van der Waals surface area contributed by atoms with Gasteiger partial charge < -0.3 is 4.74 Å². The predicted octanol–water partition coefficient (Wildman–Crippen LogP) is -0.321. The number of rotatable bonds is 1. The monoisotopic (exact) mass is 145 g/mol. The van der Waals surface area contributed by atoms with Crippen molar-refractivity contribution >= 4 is 10.2 Å². The summed E-state index contributed by atoms with van der Waals surface area (Å²) in [4.78, 5) is 0. The maximum absolute atomic E-state index is 10.5. The quantitative estimate of drug-likeness (QED) is 0.465. The lowest BCUT2D eigenvalue weighted by Gasteiger charge is -2.31. The Morgan fingerprint density at radius 1 is 1.56 bits per heavy atom. The summed E-state index contributed by atoms with van der Waals surface area (Å²) in [6.45, 7) is 0.783. The van der Waals surface area contributed by atoms with E-state index in [1.54, 1.807) is 0 Å². The van der Waals surface area contributed by atoms with Crippen molar-refractivity contribution in [3.63, 3.8) is 0 Å². The van der Waals surface area contributed by atoms with Gasteiger partial charge in [0.05, 0.1) is 5.22 Å². The predicted molar refractivity (Wildman–Crippen MR) is 38.0 cm³/mol. The van der Waals surface area contributed by atoms with Crippen molar-refractivity contribution in [3.05, 3.63) is 0 Å². The third-order valence-electron chi connectivity index (χ3n) is 1.86. The topological polar surface area (TPSA) is 29.1 Å². The largest absolute Gasteiger partial charge is 0.377 e. The van der Waals surface area contributed by atoms with Crippen molar-refractivity contribution < 1.29 is 9.84 Å². The summed E-state index contributed by atoms with van der Waals surface area (Å²) >= 11 is 0. The van der Waals surface area contributed by atoms with E-state index in [4.69, 9.17) is 4.74 Å². The van der Waals surface area contributed by atoms with E-state index < -0.39 is 0 Å². The molecule has 2 nitrogen and oxygen atoms in total. The first-order chi connectivity index (χ1) is 4.27. The maximum atomic E-state index is 10.5. The van der Waals surface area contributed by atoms with Gasteiger partial charge in [-0.3, -0.25) is 0 Å². The molecular formula is C6H13O2Si. The molecule has 0 aromatic rings. The number of hydrogen-bond donors (Lipinski definition) is 0. The smallest absolute Gasteiger partial charge is 0.107 e. The molecule has 3 heteroatoms. The molecule has 1 atom stereocenters. The van der Waals surface area contributed by atoms with E-state index in [-0.39, 0.29) is 11.8 Å². The lowest BCUT2D eigenvalue weighted by atomic mass is 10.1. The highest BCUT2D eigenvalue weighted by Crippen LogP contribution is 2.20.